The van der Waals surface area contributed by atoms with Crippen LogP contribution in [0.4, 0.5) is 4.79 Å². The van der Waals surface area contributed by atoms with Crippen molar-refractivity contribution >= 4 is 28.7 Å². The van der Waals surface area contributed by atoms with Gasteiger partial charge in [0.1, 0.15) is 5.69 Å². The average molecular weight is 345 g/mol. The predicted molar refractivity (Wildman–Crippen MR) is 91.3 cm³/mol. The van der Waals surface area contributed by atoms with E-state index in [1.807, 2.05) is 12.2 Å². The van der Waals surface area contributed by atoms with Gasteiger partial charge in [-0.15, -0.1) is 0 Å². The monoisotopic (exact) mass is 345 g/mol. The van der Waals surface area contributed by atoms with Crippen LogP contribution in [0.15, 0.2) is 35.1 Å². The molecule has 132 valence electrons. The maximum atomic E-state index is 12.0. The number of rotatable bonds is 6. The Balaban J connectivity index is 1.91. The molecule has 2 aromatic rings. The number of imide groups is 1. The third-order valence-corrected chi connectivity index (χ3v) is 3.38. The summed E-state index contributed by atoms with van der Waals surface area (Å²) in [5.41, 5.74) is -0.492. The van der Waals surface area contributed by atoms with Crippen molar-refractivity contribution in [1.29, 1.82) is 0 Å². The first-order valence-electron chi connectivity index (χ1n) is 7.88. The van der Waals surface area contributed by atoms with Crippen molar-refractivity contribution in [2.75, 3.05) is 13.2 Å². The van der Waals surface area contributed by atoms with Crippen molar-refractivity contribution in [1.82, 2.24) is 15.6 Å². The number of aromatic amines is 1. The lowest BCUT2D eigenvalue weighted by Gasteiger charge is -2.07. The lowest BCUT2D eigenvalue weighted by atomic mass is 10.1. The van der Waals surface area contributed by atoms with Crippen LogP contribution in [-0.2, 0) is 9.53 Å². The minimum atomic E-state index is -0.857. The molecule has 0 saturated heterocycles. The van der Waals surface area contributed by atoms with E-state index >= 15 is 0 Å². The smallest absolute Gasteiger partial charge is 0.355 e. The van der Waals surface area contributed by atoms with Crippen molar-refractivity contribution in [3.05, 3.63) is 46.4 Å². The zero-order chi connectivity index (χ0) is 18.2. The molecule has 0 saturated carbocycles. The number of carbonyl (C=O) groups is 3. The molecule has 0 spiro atoms. The largest absolute Gasteiger partial charge is 0.451 e. The summed E-state index contributed by atoms with van der Waals surface area (Å²) in [5.74, 6) is -1.62. The van der Waals surface area contributed by atoms with Gasteiger partial charge in [-0.2, -0.15) is 0 Å². The summed E-state index contributed by atoms with van der Waals surface area (Å²) in [7, 11) is 0. The highest BCUT2D eigenvalue weighted by Crippen LogP contribution is 2.10. The SMILES string of the molecule is CCCCNC(=O)NC(=O)COC(=O)c1cc2ccccc2c(=O)[nH]1. The molecule has 2 rings (SSSR count). The van der Waals surface area contributed by atoms with E-state index in [0.29, 0.717) is 17.3 Å². The highest BCUT2D eigenvalue weighted by atomic mass is 16.5. The molecule has 1 aromatic heterocycles. The summed E-state index contributed by atoms with van der Waals surface area (Å²) >= 11 is 0. The number of urea groups is 1. The number of fused-ring (bicyclic) bond motifs is 1. The lowest BCUT2D eigenvalue weighted by Crippen LogP contribution is -2.41. The Morgan fingerprint density at radius 3 is 2.72 bits per heavy atom. The van der Waals surface area contributed by atoms with Gasteiger partial charge in [-0.25, -0.2) is 9.59 Å². The lowest BCUT2D eigenvalue weighted by molar-refractivity contribution is -0.123. The van der Waals surface area contributed by atoms with E-state index in [4.69, 9.17) is 4.74 Å². The molecular formula is C17H19N3O5. The number of aromatic nitrogens is 1. The van der Waals surface area contributed by atoms with Gasteiger partial charge in [-0.05, 0) is 23.9 Å². The van der Waals surface area contributed by atoms with Crippen LogP contribution < -0.4 is 16.2 Å². The second kappa shape index (κ2) is 8.62. The zero-order valence-corrected chi connectivity index (χ0v) is 13.8. The van der Waals surface area contributed by atoms with E-state index in [1.54, 1.807) is 24.3 Å². The number of nitrogens with one attached hydrogen (secondary N) is 3. The van der Waals surface area contributed by atoms with Crippen LogP contribution in [0, 0.1) is 0 Å². The molecule has 0 unspecified atom stereocenters. The molecule has 8 nitrogen and oxygen atoms in total. The van der Waals surface area contributed by atoms with Crippen LogP contribution in [0.5, 0.6) is 0 Å². The maximum absolute atomic E-state index is 12.0. The molecule has 0 fully saturated rings. The number of benzene rings is 1. The maximum Gasteiger partial charge on any atom is 0.355 e. The summed E-state index contributed by atoms with van der Waals surface area (Å²) in [4.78, 5) is 49.3. The van der Waals surface area contributed by atoms with E-state index in [9.17, 15) is 19.2 Å². The second-order valence-electron chi connectivity index (χ2n) is 5.33. The summed E-state index contributed by atoms with van der Waals surface area (Å²) in [6.07, 6.45) is 1.71. The van der Waals surface area contributed by atoms with E-state index in [-0.39, 0.29) is 5.69 Å². The fraction of sp³-hybridized carbons (Fsp3) is 0.294. The topological polar surface area (TPSA) is 117 Å². The highest BCUT2D eigenvalue weighted by molar-refractivity contribution is 5.97. The van der Waals surface area contributed by atoms with E-state index in [2.05, 4.69) is 10.3 Å². The number of amides is 3. The summed E-state index contributed by atoms with van der Waals surface area (Å²) in [6, 6.07) is 7.60. The fourth-order valence-corrected chi connectivity index (χ4v) is 2.12. The van der Waals surface area contributed by atoms with Gasteiger partial charge in [0, 0.05) is 11.9 Å². The Morgan fingerprint density at radius 1 is 1.20 bits per heavy atom. The third kappa shape index (κ3) is 5.17. The van der Waals surface area contributed by atoms with Crippen molar-refractivity contribution < 1.29 is 19.1 Å². The van der Waals surface area contributed by atoms with Gasteiger partial charge < -0.3 is 15.0 Å². The molecule has 3 N–H and O–H groups in total. The van der Waals surface area contributed by atoms with Crippen LogP contribution in [0.25, 0.3) is 10.8 Å². The Bertz CT molecular complexity index is 844. The molecule has 3 amide bonds. The standard InChI is InChI=1S/C17H19N3O5/c1-2-3-8-18-17(24)20-14(21)10-25-16(23)13-9-11-6-4-5-7-12(11)15(22)19-13/h4-7,9H,2-3,8,10H2,1H3,(H,19,22)(H2,18,20,21,24). The van der Waals surface area contributed by atoms with Gasteiger partial charge in [-0.3, -0.25) is 14.9 Å². The molecule has 25 heavy (non-hydrogen) atoms. The molecule has 0 aliphatic carbocycles. The normalized spacial score (nSPS) is 10.3. The molecule has 0 bridgehead atoms. The van der Waals surface area contributed by atoms with Gasteiger partial charge in [0.15, 0.2) is 6.61 Å². The second-order valence-corrected chi connectivity index (χ2v) is 5.33. The highest BCUT2D eigenvalue weighted by Gasteiger charge is 2.14. The van der Waals surface area contributed by atoms with Gasteiger partial charge in [0.05, 0.1) is 0 Å². The predicted octanol–water partition coefficient (Wildman–Crippen LogP) is 1.31. The van der Waals surface area contributed by atoms with Crippen molar-refractivity contribution in [3.8, 4) is 0 Å². The van der Waals surface area contributed by atoms with E-state index in [1.165, 1.54) is 6.07 Å². The van der Waals surface area contributed by atoms with E-state index < -0.39 is 30.1 Å². The first kappa shape index (κ1) is 18.2. The third-order valence-electron chi connectivity index (χ3n) is 3.38. The van der Waals surface area contributed by atoms with Crippen molar-refractivity contribution in [2.24, 2.45) is 0 Å². The average Bonchev–Trinajstić information content (AvgIpc) is 2.60. The molecule has 8 heteroatoms. The van der Waals surface area contributed by atoms with Crippen LogP contribution in [-0.4, -0.2) is 36.0 Å². The number of pyridine rings is 1. The fourth-order valence-electron chi connectivity index (χ4n) is 2.12. The van der Waals surface area contributed by atoms with Gasteiger partial charge >= 0.3 is 12.0 Å². The van der Waals surface area contributed by atoms with Gasteiger partial charge in [-0.1, -0.05) is 31.5 Å². The Hall–Kier alpha value is -3.16. The van der Waals surface area contributed by atoms with Crippen LogP contribution in [0.2, 0.25) is 0 Å². The summed E-state index contributed by atoms with van der Waals surface area (Å²) in [6.45, 7) is 1.80. The summed E-state index contributed by atoms with van der Waals surface area (Å²) < 4.78 is 4.82. The molecular weight excluding hydrogens is 326 g/mol. The molecule has 0 radical (unpaired) electrons. The molecule has 1 heterocycles. The number of carbonyl (C=O) groups excluding carboxylic acids is 3. The van der Waals surface area contributed by atoms with Crippen LogP contribution in [0.3, 0.4) is 0 Å². The molecule has 1 aromatic carbocycles. The van der Waals surface area contributed by atoms with Gasteiger partial charge in [0.25, 0.3) is 11.5 Å². The van der Waals surface area contributed by atoms with E-state index in [0.717, 1.165) is 12.8 Å². The number of esters is 1. The quantitative estimate of drug-likeness (QED) is 0.539. The zero-order valence-electron chi connectivity index (χ0n) is 13.8. The minimum Gasteiger partial charge on any atom is -0.451 e. The van der Waals surface area contributed by atoms with Crippen LogP contribution >= 0.6 is 0 Å². The Kier molecular flexibility index (Phi) is 6.27. The first-order chi connectivity index (χ1) is 12.0. The van der Waals surface area contributed by atoms with Crippen LogP contribution in [0.1, 0.15) is 30.3 Å². The van der Waals surface area contributed by atoms with Gasteiger partial charge in [0.2, 0.25) is 0 Å². The molecule has 0 aliphatic heterocycles. The first-order valence-corrected chi connectivity index (χ1v) is 7.88. The Morgan fingerprint density at radius 2 is 1.96 bits per heavy atom. The number of H-pyrrole nitrogens is 1. The number of ether oxygens (including phenoxy) is 1. The minimum absolute atomic E-state index is 0.0658. The molecule has 0 aliphatic rings. The van der Waals surface area contributed by atoms with Crippen molar-refractivity contribution in [2.45, 2.75) is 19.8 Å². The number of unbranched alkanes of at least 4 members (excludes halogenated alkanes) is 1. The Labute approximate surface area is 143 Å². The summed E-state index contributed by atoms with van der Waals surface area (Å²) in [5, 5.41) is 5.58. The number of hydrogen-bond acceptors (Lipinski definition) is 5. The molecule has 0 atom stereocenters. The number of hydrogen-bond donors (Lipinski definition) is 3. The van der Waals surface area contributed by atoms with Crippen molar-refractivity contribution in [3.63, 3.8) is 0 Å².